The molecule has 0 unspecified atom stereocenters. The first kappa shape index (κ1) is 17.8. The molecule has 1 aliphatic rings. The lowest BCUT2D eigenvalue weighted by Gasteiger charge is -2.26. The number of amides is 1. The maximum Gasteiger partial charge on any atom is 0.255 e. The number of aromatic amines is 1. The van der Waals surface area contributed by atoms with Crippen LogP contribution in [0.1, 0.15) is 36.0 Å². The van der Waals surface area contributed by atoms with Crippen LogP contribution in [0.15, 0.2) is 30.5 Å². The van der Waals surface area contributed by atoms with Gasteiger partial charge in [0.1, 0.15) is 0 Å². The Morgan fingerprint density at radius 2 is 1.96 bits per heavy atom. The summed E-state index contributed by atoms with van der Waals surface area (Å²) >= 11 is 6.21. The fourth-order valence-corrected chi connectivity index (χ4v) is 3.08. The van der Waals surface area contributed by atoms with Crippen LogP contribution in [0, 0.1) is 0 Å². The van der Waals surface area contributed by atoms with Gasteiger partial charge in [0.25, 0.3) is 5.91 Å². The Bertz CT molecular complexity index is 666. The number of H-pyrrole nitrogens is 1. The molecule has 4 N–H and O–H groups in total. The molecule has 3 rings (SSSR count). The van der Waals surface area contributed by atoms with Gasteiger partial charge < -0.3 is 11.1 Å². The van der Waals surface area contributed by atoms with Crippen molar-refractivity contribution < 1.29 is 4.79 Å². The average molecular weight is 355 g/mol. The van der Waals surface area contributed by atoms with Crippen molar-refractivity contribution in [1.29, 1.82) is 0 Å². The fraction of sp³-hybridized carbons (Fsp3) is 0.375. The average Bonchev–Trinajstić information content (AvgIpc) is 2.99. The maximum atomic E-state index is 12.5. The minimum atomic E-state index is -0.121. The van der Waals surface area contributed by atoms with E-state index in [4.69, 9.17) is 17.3 Å². The molecule has 2 aromatic rings. The van der Waals surface area contributed by atoms with Crippen LogP contribution < -0.4 is 11.1 Å². The molecule has 0 bridgehead atoms. The molecule has 1 fully saturated rings. The van der Waals surface area contributed by atoms with Gasteiger partial charge in [-0.25, -0.2) is 0 Å². The van der Waals surface area contributed by atoms with Gasteiger partial charge in [-0.15, -0.1) is 12.4 Å². The third-order valence-electron chi connectivity index (χ3n) is 4.13. The SMILES string of the molecule is Cl.NC1CCC(NC(=O)c2cn[nH]c2-c2ccccc2Cl)CC1. The summed E-state index contributed by atoms with van der Waals surface area (Å²) in [5.74, 6) is -0.121. The highest BCUT2D eigenvalue weighted by Gasteiger charge is 2.23. The van der Waals surface area contributed by atoms with Crippen molar-refractivity contribution in [2.45, 2.75) is 37.8 Å². The lowest BCUT2D eigenvalue weighted by molar-refractivity contribution is 0.0926. The van der Waals surface area contributed by atoms with Crippen molar-refractivity contribution in [3.8, 4) is 11.3 Å². The van der Waals surface area contributed by atoms with Crippen LogP contribution in [0.25, 0.3) is 11.3 Å². The molecule has 0 spiro atoms. The van der Waals surface area contributed by atoms with Crippen molar-refractivity contribution in [3.05, 3.63) is 41.0 Å². The molecule has 124 valence electrons. The number of nitrogens with two attached hydrogens (primary N) is 1. The second-order valence-corrected chi connectivity index (χ2v) is 6.13. The van der Waals surface area contributed by atoms with Crippen LogP contribution in [-0.2, 0) is 0 Å². The molecule has 1 aromatic heterocycles. The Hall–Kier alpha value is -1.56. The zero-order valence-corrected chi connectivity index (χ0v) is 14.2. The molecule has 5 nitrogen and oxygen atoms in total. The molecule has 1 aromatic carbocycles. The Morgan fingerprint density at radius 3 is 2.65 bits per heavy atom. The number of carbonyl (C=O) groups excluding carboxylic acids is 1. The smallest absolute Gasteiger partial charge is 0.255 e. The van der Waals surface area contributed by atoms with Crippen molar-refractivity contribution in [3.63, 3.8) is 0 Å². The summed E-state index contributed by atoms with van der Waals surface area (Å²) in [7, 11) is 0. The Balaban J connectivity index is 0.00000192. The molecule has 0 radical (unpaired) electrons. The van der Waals surface area contributed by atoms with E-state index in [-0.39, 0.29) is 30.4 Å². The standard InChI is InChI=1S/C16H19ClN4O.ClH/c17-14-4-2-1-3-12(14)15-13(9-19-21-15)16(22)20-11-7-5-10(18)6-8-11;/h1-4,9-11H,5-8,18H2,(H,19,21)(H,20,22);1H. The molecular formula is C16H20Cl2N4O. The first-order valence-corrected chi connectivity index (χ1v) is 7.87. The van der Waals surface area contributed by atoms with Crippen molar-refractivity contribution in [2.75, 3.05) is 0 Å². The summed E-state index contributed by atoms with van der Waals surface area (Å²) in [5.41, 5.74) is 7.84. The number of aromatic nitrogens is 2. The van der Waals surface area contributed by atoms with E-state index < -0.39 is 0 Å². The summed E-state index contributed by atoms with van der Waals surface area (Å²) in [6.45, 7) is 0. The minimum Gasteiger partial charge on any atom is -0.349 e. The second kappa shape index (κ2) is 7.81. The number of benzene rings is 1. The lowest BCUT2D eigenvalue weighted by Crippen LogP contribution is -2.40. The van der Waals surface area contributed by atoms with Gasteiger partial charge in [-0.2, -0.15) is 5.10 Å². The van der Waals surface area contributed by atoms with Gasteiger partial charge in [-0.1, -0.05) is 29.8 Å². The first-order chi connectivity index (χ1) is 10.6. The van der Waals surface area contributed by atoms with E-state index in [0.717, 1.165) is 31.2 Å². The van der Waals surface area contributed by atoms with Crippen molar-refractivity contribution in [2.24, 2.45) is 5.73 Å². The fourth-order valence-electron chi connectivity index (χ4n) is 2.85. The zero-order chi connectivity index (χ0) is 15.5. The third-order valence-corrected chi connectivity index (χ3v) is 4.46. The number of hydrogen-bond donors (Lipinski definition) is 3. The highest BCUT2D eigenvalue weighted by atomic mass is 35.5. The Morgan fingerprint density at radius 1 is 1.26 bits per heavy atom. The quantitative estimate of drug-likeness (QED) is 0.791. The van der Waals surface area contributed by atoms with Crippen LogP contribution >= 0.6 is 24.0 Å². The van der Waals surface area contributed by atoms with E-state index in [1.165, 1.54) is 0 Å². The number of carbonyl (C=O) groups is 1. The summed E-state index contributed by atoms with van der Waals surface area (Å²) < 4.78 is 0. The molecule has 1 saturated carbocycles. The van der Waals surface area contributed by atoms with E-state index in [1.807, 2.05) is 18.2 Å². The lowest BCUT2D eigenvalue weighted by atomic mass is 9.91. The first-order valence-electron chi connectivity index (χ1n) is 7.50. The van der Waals surface area contributed by atoms with E-state index in [2.05, 4.69) is 15.5 Å². The number of hydrogen-bond acceptors (Lipinski definition) is 3. The van der Waals surface area contributed by atoms with Gasteiger partial charge in [0.05, 0.1) is 17.5 Å². The van der Waals surface area contributed by atoms with Gasteiger partial charge in [0.2, 0.25) is 0 Å². The number of nitrogens with zero attached hydrogens (tertiary/aromatic N) is 1. The molecule has 0 atom stereocenters. The van der Waals surface area contributed by atoms with E-state index in [0.29, 0.717) is 16.3 Å². The Kier molecular flexibility index (Phi) is 6.04. The van der Waals surface area contributed by atoms with Crippen LogP contribution in [-0.4, -0.2) is 28.2 Å². The molecular weight excluding hydrogens is 335 g/mol. The molecule has 1 aliphatic carbocycles. The highest BCUT2D eigenvalue weighted by Crippen LogP contribution is 2.28. The molecule has 1 amide bonds. The van der Waals surface area contributed by atoms with Gasteiger partial charge in [0.15, 0.2) is 0 Å². The normalized spacial score (nSPS) is 20.6. The van der Waals surface area contributed by atoms with Gasteiger partial charge in [-0.3, -0.25) is 9.89 Å². The third kappa shape index (κ3) is 4.05. The van der Waals surface area contributed by atoms with Crippen molar-refractivity contribution >= 4 is 29.9 Å². The molecule has 0 aliphatic heterocycles. The summed E-state index contributed by atoms with van der Waals surface area (Å²) in [5, 5.41) is 10.5. The molecule has 1 heterocycles. The number of halogens is 2. The van der Waals surface area contributed by atoms with Crippen LogP contribution in [0.5, 0.6) is 0 Å². The summed E-state index contributed by atoms with van der Waals surface area (Å²) in [4.78, 5) is 12.5. The topological polar surface area (TPSA) is 83.8 Å². The number of nitrogens with one attached hydrogen (secondary N) is 2. The van der Waals surface area contributed by atoms with E-state index in [9.17, 15) is 4.79 Å². The molecule has 23 heavy (non-hydrogen) atoms. The second-order valence-electron chi connectivity index (χ2n) is 5.72. The van der Waals surface area contributed by atoms with E-state index in [1.54, 1.807) is 12.3 Å². The molecule has 0 saturated heterocycles. The maximum absolute atomic E-state index is 12.5. The van der Waals surface area contributed by atoms with Gasteiger partial charge in [-0.05, 0) is 31.7 Å². The highest BCUT2D eigenvalue weighted by molar-refractivity contribution is 6.33. The van der Waals surface area contributed by atoms with Crippen LogP contribution in [0.3, 0.4) is 0 Å². The monoisotopic (exact) mass is 354 g/mol. The predicted octanol–water partition coefficient (Wildman–Crippen LogP) is 3.15. The Labute approximate surface area is 146 Å². The zero-order valence-electron chi connectivity index (χ0n) is 12.6. The predicted molar refractivity (Wildman–Crippen MR) is 94.0 cm³/mol. The summed E-state index contributed by atoms with van der Waals surface area (Å²) in [6.07, 6.45) is 5.29. The van der Waals surface area contributed by atoms with Crippen LogP contribution in [0.4, 0.5) is 0 Å². The minimum absolute atomic E-state index is 0. The van der Waals surface area contributed by atoms with Crippen LogP contribution in [0.2, 0.25) is 5.02 Å². The number of rotatable bonds is 3. The van der Waals surface area contributed by atoms with Crippen molar-refractivity contribution in [1.82, 2.24) is 15.5 Å². The largest absolute Gasteiger partial charge is 0.349 e. The van der Waals surface area contributed by atoms with E-state index >= 15 is 0 Å². The molecule has 7 heteroatoms. The van der Waals surface area contributed by atoms with Gasteiger partial charge in [0, 0.05) is 22.7 Å². The van der Waals surface area contributed by atoms with Gasteiger partial charge >= 0.3 is 0 Å². The summed E-state index contributed by atoms with van der Waals surface area (Å²) in [6, 6.07) is 7.84.